The van der Waals surface area contributed by atoms with Crippen LogP contribution in [0.3, 0.4) is 0 Å². The smallest absolute Gasteiger partial charge is 0.416 e. The molecule has 0 spiro atoms. The first-order valence-corrected chi connectivity index (χ1v) is 9.76. The molecule has 4 N–H and O–H groups in total. The molecule has 12 heteroatoms. The van der Waals surface area contributed by atoms with Crippen molar-refractivity contribution in [2.45, 2.75) is 43.7 Å². The standard InChI is InChI=1S/C18H18F3NO6S.H3N/c1-4-17(2,3)11-6-8-16(29(25,26)27)15(10-11)28-14-7-5-12(18(19,20)21)9-13(14)22(23)24;/h5-10H,4H2,1-3H3,(H,25,26,27);1H3. The van der Waals surface area contributed by atoms with Crippen molar-refractivity contribution in [3.05, 3.63) is 57.6 Å². The zero-order valence-electron chi connectivity index (χ0n) is 16.4. The molecule has 0 amide bonds. The van der Waals surface area contributed by atoms with Gasteiger partial charge in [0.25, 0.3) is 10.1 Å². The molecule has 2 rings (SSSR count). The normalized spacial score (nSPS) is 12.2. The van der Waals surface area contributed by atoms with E-state index in [1.165, 1.54) is 12.1 Å². The Balaban J connectivity index is 0.00000450. The fraction of sp³-hybridized carbons (Fsp3) is 0.333. The number of nitro benzene ring substituents is 1. The summed E-state index contributed by atoms with van der Waals surface area (Å²) < 4.78 is 76.7. The minimum Gasteiger partial charge on any atom is -0.449 e. The van der Waals surface area contributed by atoms with E-state index in [0.29, 0.717) is 24.1 Å². The van der Waals surface area contributed by atoms with Gasteiger partial charge in [-0.1, -0.05) is 26.8 Å². The second-order valence-corrected chi connectivity index (χ2v) is 8.30. The van der Waals surface area contributed by atoms with E-state index in [2.05, 4.69) is 0 Å². The maximum absolute atomic E-state index is 12.9. The summed E-state index contributed by atoms with van der Waals surface area (Å²) in [5.74, 6) is -1.03. The molecule has 0 unspecified atom stereocenters. The Labute approximate surface area is 171 Å². The first kappa shape index (κ1) is 25.3. The van der Waals surface area contributed by atoms with Crippen LogP contribution >= 0.6 is 0 Å². The Morgan fingerprint density at radius 3 is 2.10 bits per heavy atom. The molecule has 0 aliphatic rings. The number of hydrogen-bond acceptors (Lipinski definition) is 6. The summed E-state index contributed by atoms with van der Waals surface area (Å²) in [6, 6.07) is 5.42. The van der Waals surface area contributed by atoms with Crippen molar-refractivity contribution in [2.24, 2.45) is 0 Å². The van der Waals surface area contributed by atoms with Crippen LogP contribution in [0.4, 0.5) is 18.9 Å². The lowest BCUT2D eigenvalue weighted by Gasteiger charge is -2.24. The number of benzene rings is 2. The lowest BCUT2D eigenvalue weighted by atomic mass is 9.82. The Morgan fingerprint density at radius 2 is 1.63 bits per heavy atom. The molecule has 2 aromatic rings. The molecule has 0 fully saturated rings. The van der Waals surface area contributed by atoms with E-state index < -0.39 is 54.3 Å². The van der Waals surface area contributed by atoms with Crippen molar-refractivity contribution in [2.75, 3.05) is 0 Å². The van der Waals surface area contributed by atoms with Crippen molar-refractivity contribution in [3.8, 4) is 11.5 Å². The third-order valence-electron chi connectivity index (χ3n) is 4.59. The van der Waals surface area contributed by atoms with Crippen molar-refractivity contribution >= 4 is 15.8 Å². The van der Waals surface area contributed by atoms with E-state index in [1.807, 2.05) is 20.8 Å². The van der Waals surface area contributed by atoms with Gasteiger partial charge in [0, 0.05) is 6.07 Å². The van der Waals surface area contributed by atoms with Crippen LogP contribution in [0, 0.1) is 10.1 Å². The zero-order valence-corrected chi connectivity index (χ0v) is 17.2. The molecule has 0 aromatic heterocycles. The highest BCUT2D eigenvalue weighted by Crippen LogP contribution is 2.40. The number of nitrogens with zero attached hydrogens (tertiary/aromatic N) is 1. The van der Waals surface area contributed by atoms with Gasteiger partial charge in [-0.05, 0) is 41.7 Å². The number of halogens is 3. The van der Waals surface area contributed by atoms with Crippen LogP contribution in [0.5, 0.6) is 11.5 Å². The molecule has 0 saturated carbocycles. The summed E-state index contributed by atoms with van der Waals surface area (Å²) in [5, 5.41) is 11.2. The fourth-order valence-corrected chi connectivity index (χ4v) is 3.06. The molecular formula is C18H21F3N2O6S. The van der Waals surface area contributed by atoms with Crippen molar-refractivity contribution in [1.82, 2.24) is 6.15 Å². The molecule has 166 valence electrons. The third kappa shape index (κ3) is 5.46. The molecule has 30 heavy (non-hydrogen) atoms. The fourth-order valence-electron chi connectivity index (χ4n) is 2.47. The van der Waals surface area contributed by atoms with Gasteiger partial charge in [0.05, 0.1) is 10.5 Å². The van der Waals surface area contributed by atoms with Crippen LogP contribution in [0.2, 0.25) is 0 Å². The Bertz CT molecular complexity index is 1050. The number of ether oxygens (including phenoxy) is 1. The molecular weight excluding hydrogens is 429 g/mol. The zero-order chi connectivity index (χ0) is 22.2. The summed E-state index contributed by atoms with van der Waals surface area (Å²) in [4.78, 5) is 9.50. The molecule has 8 nitrogen and oxygen atoms in total. The highest BCUT2D eigenvalue weighted by atomic mass is 32.2. The van der Waals surface area contributed by atoms with Gasteiger partial charge in [-0.15, -0.1) is 0 Å². The Hall–Kier alpha value is -2.70. The summed E-state index contributed by atoms with van der Waals surface area (Å²) in [7, 11) is -4.76. The second kappa shape index (κ2) is 8.58. The third-order valence-corrected chi connectivity index (χ3v) is 5.48. The Morgan fingerprint density at radius 1 is 1.07 bits per heavy atom. The van der Waals surface area contributed by atoms with Crippen LogP contribution in [-0.2, 0) is 21.7 Å². The molecule has 0 aliphatic heterocycles. The van der Waals surface area contributed by atoms with E-state index in [-0.39, 0.29) is 6.15 Å². The van der Waals surface area contributed by atoms with Crippen molar-refractivity contribution in [3.63, 3.8) is 0 Å². The van der Waals surface area contributed by atoms with E-state index in [9.17, 15) is 36.3 Å². The predicted octanol–water partition coefficient (Wildman–Crippen LogP) is 5.50. The monoisotopic (exact) mass is 450 g/mol. The van der Waals surface area contributed by atoms with Gasteiger partial charge >= 0.3 is 11.9 Å². The van der Waals surface area contributed by atoms with Gasteiger partial charge in [0.15, 0.2) is 0 Å². The van der Waals surface area contributed by atoms with Crippen LogP contribution in [0.1, 0.15) is 38.3 Å². The molecule has 0 aliphatic carbocycles. The van der Waals surface area contributed by atoms with Crippen LogP contribution in [0.15, 0.2) is 41.3 Å². The minimum absolute atomic E-state index is 0. The average Bonchev–Trinajstić information content (AvgIpc) is 2.59. The summed E-state index contributed by atoms with van der Waals surface area (Å²) in [6.45, 7) is 5.61. The highest BCUT2D eigenvalue weighted by molar-refractivity contribution is 7.86. The lowest BCUT2D eigenvalue weighted by molar-refractivity contribution is -0.385. The van der Waals surface area contributed by atoms with Gasteiger partial charge in [0.2, 0.25) is 5.75 Å². The van der Waals surface area contributed by atoms with Gasteiger partial charge in [-0.25, -0.2) is 0 Å². The van der Waals surface area contributed by atoms with Crippen molar-refractivity contribution in [1.29, 1.82) is 0 Å². The average molecular weight is 450 g/mol. The van der Waals surface area contributed by atoms with Gasteiger partial charge in [-0.2, -0.15) is 21.6 Å². The summed E-state index contributed by atoms with van der Waals surface area (Å²) in [5.41, 5.74) is -2.08. The first-order chi connectivity index (χ1) is 13.2. The van der Waals surface area contributed by atoms with E-state index in [0.717, 1.165) is 12.1 Å². The van der Waals surface area contributed by atoms with Crippen LogP contribution < -0.4 is 10.9 Å². The molecule has 0 heterocycles. The van der Waals surface area contributed by atoms with Gasteiger partial charge in [0.1, 0.15) is 10.6 Å². The van der Waals surface area contributed by atoms with Gasteiger partial charge < -0.3 is 10.9 Å². The molecule has 0 saturated heterocycles. The number of rotatable bonds is 6. The van der Waals surface area contributed by atoms with Crippen LogP contribution in [0.25, 0.3) is 0 Å². The topological polar surface area (TPSA) is 142 Å². The largest absolute Gasteiger partial charge is 0.449 e. The van der Waals surface area contributed by atoms with E-state index in [4.69, 9.17) is 4.74 Å². The number of hydrogen-bond donors (Lipinski definition) is 2. The molecule has 0 atom stereocenters. The predicted molar refractivity (Wildman–Crippen MR) is 103 cm³/mol. The van der Waals surface area contributed by atoms with E-state index >= 15 is 0 Å². The molecule has 0 bridgehead atoms. The maximum atomic E-state index is 12.9. The molecule has 2 aromatic carbocycles. The van der Waals surface area contributed by atoms with Crippen molar-refractivity contribution < 1.29 is 35.8 Å². The Kier molecular flexibility index (Phi) is 7.24. The first-order valence-electron chi connectivity index (χ1n) is 8.32. The minimum atomic E-state index is -4.81. The number of alkyl halides is 3. The SMILES string of the molecule is CCC(C)(C)c1ccc(S(=O)(=O)O)c(Oc2ccc(C(F)(F)F)cc2[N+](=O)[O-])c1.N. The maximum Gasteiger partial charge on any atom is 0.416 e. The highest BCUT2D eigenvalue weighted by Gasteiger charge is 2.34. The lowest BCUT2D eigenvalue weighted by Crippen LogP contribution is -2.16. The second-order valence-electron chi connectivity index (χ2n) is 6.91. The quantitative estimate of drug-likeness (QED) is 0.336. The van der Waals surface area contributed by atoms with Gasteiger partial charge in [-0.3, -0.25) is 14.7 Å². The molecule has 0 radical (unpaired) electrons. The van der Waals surface area contributed by atoms with E-state index in [1.54, 1.807) is 0 Å². The summed E-state index contributed by atoms with van der Waals surface area (Å²) >= 11 is 0. The van der Waals surface area contributed by atoms with Crippen LogP contribution in [-0.4, -0.2) is 17.9 Å². The summed E-state index contributed by atoms with van der Waals surface area (Å²) in [6.07, 6.45) is -4.16. The number of nitro groups is 1.